The maximum Gasteiger partial charge on any atom is 0.433 e. The molecule has 2 heterocycles. The zero-order chi connectivity index (χ0) is 25.7. The third kappa shape index (κ3) is 4.49. The van der Waals surface area contributed by atoms with Gasteiger partial charge in [0.15, 0.2) is 0 Å². The number of hydrogen-bond donors (Lipinski definition) is 1. The number of alkyl halides is 3. The Kier molecular flexibility index (Phi) is 6.33. The second-order valence-electron chi connectivity index (χ2n) is 7.61. The van der Waals surface area contributed by atoms with Crippen LogP contribution in [0.15, 0.2) is 59.5 Å². The topological polar surface area (TPSA) is 89.3 Å². The van der Waals surface area contributed by atoms with Crippen molar-refractivity contribution in [3.63, 3.8) is 0 Å². The van der Waals surface area contributed by atoms with Gasteiger partial charge in [0.25, 0.3) is 10.0 Å². The van der Waals surface area contributed by atoms with Gasteiger partial charge >= 0.3 is 12.1 Å². The van der Waals surface area contributed by atoms with E-state index in [1.807, 2.05) is 0 Å². The number of nitrogens with zero attached hydrogens (tertiary/aromatic N) is 2. The monoisotopic (exact) mass is 542 g/mol. The van der Waals surface area contributed by atoms with Gasteiger partial charge in [0.1, 0.15) is 5.69 Å². The summed E-state index contributed by atoms with van der Waals surface area (Å²) < 4.78 is 68.6. The molecule has 0 aliphatic carbocycles. The van der Waals surface area contributed by atoms with Crippen LogP contribution in [0.1, 0.15) is 33.0 Å². The molecular weight excluding hydrogens is 528 g/mol. The summed E-state index contributed by atoms with van der Waals surface area (Å²) in [6, 6.07) is 11.8. The second kappa shape index (κ2) is 8.85. The lowest BCUT2D eigenvalue weighted by molar-refractivity contribution is -0.141. The molecule has 2 aromatic heterocycles. The molecule has 35 heavy (non-hydrogen) atoms. The van der Waals surface area contributed by atoms with E-state index in [1.165, 1.54) is 49.4 Å². The zero-order valence-corrected chi connectivity index (χ0v) is 20.1. The molecule has 0 saturated heterocycles. The van der Waals surface area contributed by atoms with Gasteiger partial charge in [-0.25, -0.2) is 22.2 Å². The Labute approximate surface area is 207 Å². The average molecular weight is 543 g/mol. The number of rotatable bonds is 5. The van der Waals surface area contributed by atoms with E-state index in [2.05, 4.69) is 4.98 Å². The Balaban J connectivity index is 2.06. The van der Waals surface area contributed by atoms with E-state index in [9.17, 15) is 31.5 Å². The molecule has 0 spiro atoms. The van der Waals surface area contributed by atoms with Gasteiger partial charge in [0.2, 0.25) is 0 Å². The maximum absolute atomic E-state index is 13.6. The van der Waals surface area contributed by atoms with Crippen LogP contribution in [0.25, 0.3) is 10.9 Å². The number of benzene rings is 2. The summed E-state index contributed by atoms with van der Waals surface area (Å²) in [5.74, 6) is -1.32. The number of hydrogen-bond acceptors (Lipinski definition) is 4. The van der Waals surface area contributed by atoms with Crippen LogP contribution >= 0.6 is 23.2 Å². The third-order valence-electron chi connectivity index (χ3n) is 5.36. The van der Waals surface area contributed by atoms with Crippen LogP contribution in [0.4, 0.5) is 13.2 Å². The van der Waals surface area contributed by atoms with Crippen LogP contribution in [0, 0.1) is 6.92 Å². The lowest BCUT2D eigenvalue weighted by Crippen LogP contribution is -2.17. The predicted molar refractivity (Wildman–Crippen MR) is 125 cm³/mol. The highest BCUT2D eigenvalue weighted by atomic mass is 35.5. The Morgan fingerprint density at radius 2 is 1.74 bits per heavy atom. The van der Waals surface area contributed by atoms with Crippen molar-refractivity contribution in [3.05, 3.63) is 92.9 Å². The van der Waals surface area contributed by atoms with Crippen molar-refractivity contribution in [2.24, 2.45) is 0 Å². The first-order valence-electron chi connectivity index (χ1n) is 9.92. The van der Waals surface area contributed by atoms with Gasteiger partial charge in [-0.2, -0.15) is 13.2 Å². The van der Waals surface area contributed by atoms with Gasteiger partial charge in [-0.05, 0) is 48.9 Å². The molecule has 4 aromatic rings. The quantitative estimate of drug-likeness (QED) is 0.324. The van der Waals surface area contributed by atoms with Gasteiger partial charge in [-0.3, -0.25) is 0 Å². The van der Waals surface area contributed by atoms with E-state index in [0.717, 1.165) is 3.97 Å². The molecule has 0 aliphatic heterocycles. The minimum atomic E-state index is -4.81. The average Bonchev–Trinajstić information content (AvgIpc) is 3.16. The van der Waals surface area contributed by atoms with Gasteiger partial charge in [-0.1, -0.05) is 41.4 Å². The number of carboxylic acid groups (broad SMARTS) is 1. The van der Waals surface area contributed by atoms with E-state index in [4.69, 9.17) is 23.2 Å². The fraction of sp³-hybridized carbons (Fsp3) is 0.130. The van der Waals surface area contributed by atoms with Gasteiger partial charge < -0.3 is 5.11 Å². The summed E-state index contributed by atoms with van der Waals surface area (Å²) >= 11 is 12.5. The van der Waals surface area contributed by atoms with Crippen molar-refractivity contribution in [2.75, 3.05) is 0 Å². The highest BCUT2D eigenvalue weighted by Crippen LogP contribution is 2.36. The number of aromatic carboxylic acids is 1. The first kappa shape index (κ1) is 25.0. The van der Waals surface area contributed by atoms with Gasteiger partial charge in [0.05, 0.1) is 21.0 Å². The molecule has 0 bridgehead atoms. The van der Waals surface area contributed by atoms with E-state index in [0.29, 0.717) is 6.07 Å². The standard InChI is InChI=1S/C23H15Cl2F3N2O4S/c1-12-16-9-13(10-17-18(24)8-7-15(21(17)25)22(31)32)30(19(16)11-20(29-12)23(26,27)28)35(33,34)14-5-3-2-4-6-14/h2-9,11H,10H2,1H3,(H,31,32). The van der Waals surface area contributed by atoms with Crippen LogP contribution in [0.3, 0.4) is 0 Å². The molecule has 0 radical (unpaired) electrons. The van der Waals surface area contributed by atoms with Crippen LogP contribution in [0.5, 0.6) is 0 Å². The van der Waals surface area contributed by atoms with Gasteiger partial charge in [0, 0.05) is 28.2 Å². The van der Waals surface area contributed by atoms with E-state index in [-0.39, 0.29) is 54.8 Å². The molecule has 0 fully saturated rings. The Morgan fingerprint density at radius 1 is 1.09 bits per heavy atom. The van der Waals surface area contributed by atoms with Crippen molar-refractivity contribution in [2.45, 2.75) is 24.4 Å². The fourth-order valence-electron chi connectivity index (χ4n) is 3.75. The normalized spacial score (nSPS) is 12.3. The number of fused-ring (bicyclic) bond motifs is 1. The minimum Gasteiger partial charge on any atom is -0.478 e. The largest absolute Gasteiger partial charge is 0.478 e. The van der Waals surface area contributed by atoms with Crippen molar-refractivity contribution in [3.8, 4) is 0 Å². The van der Waals surface area contributed by atoms with Crippen LogP contribution in [-0.2, 0) is 22.6 Å². The SMILES string of the molecule is Cc1nc(C(F)(F)F)cc2c1cc(Cc1c(Cl)ccc(C(=O)O)c1Cl)n2S(=O)(=O)c1ccccc1. The van der Waals surface area contributed by atoms with E-state index >= 15 is 0 Å². The molecule has 12 heteroatoms. The number of halogens is 5. The first-order valence-corrected chi connectivity index (χ1v) is 12.1. The van der Waals surface area contributed by atoms with Gasteiger partial charge in [-0.15, -0.1) is 0 Å². The smallest absolute Gasteiger partial charge is 0.433 e. The minimum absolute atomic E-state index is 0.0272. The summed E-state index contributed by atoms with van der Waals surface area (Å²) in [6.07, 6.45) is -5.09. The van der Waals surface area contributed by atoms with Crippen molar-refractivity contribution in [1.29, 1.82) is 0 Å². The summed E-state index contributed by atoms with van der Waals surface area (Å²) in [7, 11) is -4.39. The Hall–Kier alpha value is -3.08. The zero-order valence-electron chi connectivity index (χ0n) is 17.8. The molecule has 0 atom stereocenters. The highest BCUT2D eigenvalue weighted by Gasteiger charge is 2.35. The number of carboxylic acids is 1. The second-order valence-corrected chi connectivity index (χ2v) is 10.2. The molecule has 6 nitrogen and oxygen atoms in total. The summed E-state index contributed by atoms with van der Waals surface area (Å²) in [5, 5.41) is 9.43. The fourth-order valence-corrected chi connectivity index (χ4v) is 5.88. The number of aromatic nitrogens is 2. The Bertz CT molecular complexity index is 1580. The van der Waals surface area contributed by atoms with Crippen LogP contribution < -0.4 is 0 Å². The summed E-state index contributed by atoms with van der Waals surface area (Å²) in [6.45, 7) is 1.34. The number of pyridine rings is 1. The molecule has 4 rings (SSSR count). The van der Waals surface area contributed by atoms with E-state index in [1.54, 1.807) is 6.07 Å². The molecule has 0 aliphatic rings. The summed E-state index contributed by atoms with van der Waals surface area (Å²) in [4.78, 5) is 15.0. The Morgan fingerprint density at radius 3 is 2.34 bits per heavy atom. The predicted octanol–water partition coefficient (Wildman–Crippen LogP) is 6.20. The summed E-state index contributed by atoms with van der Waals surface area (Å²) in [5.41, 5.74) is -1.63. The molecular formula is C23H15Cl2F3N2O4S. The maximum atomic E-state index is 13.6. The van der Waals surface area contributed by atoms with Crippen molar-refractivity contribution in [1.82, 2.24) is 8.96 Å². The van der Waals surface area contributed by atoms with E-state index < -0.39 is 27.9 Å². The lowest BCUT2D eigenvalue weighted by Gasteiger charge is -2.15. The molecule has 0 amide bonds. The molecule has 2 aromatic carbocycles. The van der Waals surface area contributed by atoms with Crippen molar-refractivity contribution >= 4 is 50.1 Å². The third-order valence-corrected chi connectivity index (χ3v) is 7.93. The number of aryl methyl sites for hydroxylation is 1. The highest BCUT2D eigenvalue weighted by molar-refractivity contribution is 7.90. The van der Waals surface area contributed by atoms with Crippen LogP contribution in [0.2, 0.25) is 10.0 Å². The number of carbonyl (C=O) groups is 1. The van der Waals surface area contributed by atoms with Crippen molar-refractivity contribution < 1.29 is 31.5 Å². The molecule has 0 saturated carbocycles. The lowest BCUT2D eigenvalue weighted by atomic mass is 10.1. The van der Waals surface area contributed by atoms with Crippen LogP contribution in [-0.4, -0.2) is 28.5 Å². The molecule has 0 unspecified atom stereocenters. The molecule has 1 N–H and O–H groups in total. The molecule has 182 valence electrons. The first-order chi connectivity index (χ1) is 16.3.